The fourth-order valence-corrected chi connectivity index (χ4v) is 3.40. The molecule has 0 aliphatic rings. The van der Waals surface area contributed by atoms with Crippen LogP contribution < -0.4 is 9.46 Å². The molecule has 0 radical (unpaired) electrons. The normalized spacial score (nSPS) is 13.6. The molecule has 8 heteroatoms. The van der Waals surface area contributed by atoms with Crippen LogP contribution in [0.4, 0.5) is 8.78 Å². The fraction of sp³-hybridized carbons (Fsp3) is 0.571. The van der Waals surface area contributed by atoms with Gasteiger partial charge in [-0.15, -0.1) is 0 Å². The van der Waals surface area contributed by atoms with E-state index in [1.54, 1.807) is 0 Å². The van der Waals surface area contributed by atoms with Crippen LogP contribution in [0.3, 0.4) is 0 Å². The molecule has 1 rings (SSSR count). The molecule has 0 saturated carbocycles. The number of hydrogen-bond donors (Lipinski definition) is 1. The summed E-state index contributed by atoms with van der Waals surface area (Å²) >= 11 is 0. The number of sulfonamides is 1. The van der Waals surface area contributed by atoms with Gasteiger partial charge in [0.05, 0.1) is 0 Å². The predicted octanol–water partition coefficient (Wildman–Crippen LogP) is 2.30. The van der Waals surface area contributed by atoms with E-state index in [0.717, 1.165) is 13.1 Å². The summed E-state index contributed by atoms with van der Waals surface area (Å²) in [7, 11) is -3.92. The standard InChI is InChI=1S/C14H22F2N2O3S/c1-4-18(5-2)11(3)10-17-22(19,20)13-9-7-6-8-12(13)21-14(15)16/h6-9,11,14,17H,4-5,10H2,1-3H3/t11-/m0/s1. The van der Waals surface area contributed by atoms with Gasteiger partial charge in [0, 0.05) is 12.6 Å². The summed E-state index contributed by atoms with van der Waals surface area (Å²) in [6.45, 7) is 4.57. The van der Waals surface area contributed by atoms with Gasteiger partial charge in [-0.3, -0.25) is 4.90 Å². The summed E-state index contributed by atoms with van der Waals surface area (Å²) in [5.41, 5.74) is 0. The number of likely N-dealkylation sites (N-methyl/N-ethyl adjacent to an activating group) is 1. The zero-order valence-corrected chi connectivity index (χ0v) is 13.7. The molecule has 0 aromatic heterocycles. The van der Waals surface area contributed by atoms with Gasteiger partial charge in [-0.05, 0) is 32.1 Å². The SMILES string of the molecule is CCN(CC)[C@@H](C)CNS(=O)(=O)c1ccccc1OC(F)F. The highest BCUT2D eigenvalue weighted by atomic mass is 32.2. The molecule has 1 aromatic rings. The maximum Gasteiger partial charge on any atom is 0.387 e. The summed E-state index contributed by atoms with van der Waals surface area (Å²) in [5, 5.41) is 0. The van der Waals surface area contributed by atoms with Gasteiger partial charge in [-0.25, -0.2) is 13.1 Å². The van der Waals surface area contributed by atoms with Crippen molar-refractivity contribution >= 4 is 10.0 Å². The predicted molar refractivity (Wildman–Crippen MR) is 80.6 cm³/mol. The second-order valence-corrected chi connectivity index (χ2v) is 6.48. The van der Waals surface area contributed by atoms with E-state index in [-0.39, 0.29) is 23.2 Å². The van der Waals surface area contributed by atoms with Crippen molar-refractivity contribution in [2.24, 2.45) is 0 Å². The first-order valence-corrected chi connectivity index (χ1v) is 8.57. The Labute approximate surface area is 130 Å². The number of alkyl halides is 2. The molecule has 0 unspecified atom stereocenters. The lowest BCUT2D eigenvalue weighted by molar-refractivity contribution is -0.0517. The average molecular weight is 336 g/mol. The second-order valence-electron chi connectivity index (χ2n) is 4.75. The number of ether oxygens (including phenoxy) is 1. The molecule has 5 nitrogen and oxygen atoms in total. The van der Waals surface area contributed by atoms with Crippen molar-refractivity contribution in [3.63, 3.8) is 0 Å². The van der Waals surface area contributed by atoms with Gasteiger partial charge in [-0.2, -0.15) is 8.78 Å². The van der Waals surface area contributed by atoms with Crippen molar-refractivity contribution < 1.29 is 21.9 Å². The van der Waals surface area contributed by atoms with Crippen LogP contribution in [0.5, 0.6) is 5.75 Å². The van der Waals surface area contributed by atoms with Crippen molar-refractivity contribution in [3.8, 4) is 5.75 Å². The third-order valence-corrected chi connectivity index (χ3v) is 4.82. The highest BCUT2D eigenvalue weighted by Crippen LogP contribution is 2.24. The molecule has 0 aliphatic heterocycles. The van der Waals surface area contributed by atoms with Crippen molar-refractivity contribution in [1.82, 2.24) is 9.62 Å². The van der Waals surface area contributed by atoms with Crippen LogP contribution in [0.25, 0.3) is 0 Å². The molecule has 22 heavy (non-hydrogen) atoms. The van der Waals surface area contributed by atoms with Crippen LogP contribution in [-0.4, -0.2) is 45.6 Å². The van der Waals surface area contributed by atoms with Crippen molar-refractivity contribution in [1.29, 1.82) is 0 Å². The number of nitrogens with zero attached hydrogens (tertiary/aromatic N) is 1. The maximum absolute atomic E-state index is 12.4. The molecule has 0 amide bonds. The Morgan fingerprint density at radius 2 is 1.82 bits per heavy atom. The van der Waals surface area contributed by atoms with Gasteiger partial charge in [0.15, 0.2) is 0 Å². The zero-order valence-electron chi connectivity index (χ0n) is 12.9. The lowest BCUT2D eigenvalue weighted by Gasteiger charge is -2.26. The van der Waals surface area contributed by atoms with Gasteiger partial charge >= 0.3 is 6.61 Å². The Morgan fingerprint density at radius 3 is 2.36 bits per heavy atom. The molecule has 1 aromatic carbocycles. The summed E-state index contributed by atoms with van der Waals surface area (Å²) < 4.78 is 56.0. The first-order valence-electron chi connectivity index (χ1n) is 7.09. The zero-order chi connectivity index (χ0) is 16.8. The highest BCUT2D eigenvalue weighted by molar-refractivity contribution is 7.89. The number of para-hydroxylation sites is 1. The minimum Gasteiger partial charge on any atom is -0.433 e. The van der Waals surface area contributed by atoms with Crippen LogP contribution in [0.15, 0.2) is 29.2 Å². The molecule has 1 atom stereocenters. The molecule has 0 bridgehead atoms. The number of rotatable bonds is 9. The monoisotopic (exact) mass is 336 g/mol. The molecule has 0 heterocycles. The highest BCUT2D eigenvalue weighted by Gasteiger charge is 2.22. The molecule has 0 fully saturated rings. The molecule has 0 spiro atoms. The van der Waals surface area contributed by atoms with E-state index in [1.807, 2.05) is 20.8 Å². The molecular weight excluding hydrogens is 314 g/mol. The summed E-state index contributed by atoms with van der Waals surface area (Å²) in [6, 6.07) is 5.33. The van der Waals surface area contributed by atoms with E-state index in [1.165, 1.54) is 24.3 Å². The van der Waals surface area contributed by atoms with Gasteiger partial charge in [-0.1, -0.05) is 26.0 Å². The number of benzene rings is 1. The van der Waals surface area contributed by atoms with Gasteiger partial charge < -0.3 is 4.74 Å². The topological polar surface area (TPSA) is 58.6 Å². The summed E-state index contributed by atoms with van der Waals surface area (Å²) in [5.74, 6) is -0.361. The smallest absolute Gasteiger partial charge is 0.387 e. The number of nitrogens with one attached hydrogen (secondary N) is 1. The van der Waals surface area contributed by atoms with Gasteiger partial charge in [0.25, 0.3) is 0 Å². The van der Waals surface area contributed by atoms with Crippen LogP contribution >= 0.6 is 0 Å². The van der Waals surface area contributed by atoms with Gasteiger partial charge in [0.1, 0.15) is 10.6 Å². The Balaban J connectivity index is 2.87. The minimum atomic E-state index is -3.92. The van der Waals surface area contributed by atoms with E-state index < -0.39 is 16.6 Å². The number of halogens is 2. The van der Waals surface area contributed by atoms with E-state index in [0.29, 0.717) is 0 Å². The molecular formula is C14H22F2N2O3S. The first-order chi connectivity index (χ1) is 10.3. The van der Waals surface area contributed by atoms with E-state index in [9.17, 15) is 17.2 Å². The fourth-order valence-electron chi connectivity index (χ4n) is 2.15. The molecule has 126 valence electrons. The Hall–Kier alpha value is -1.25. The van der Waals surface area contributed by atoms with E-state index >= 15 is 0 Å². The second kappa shape index (κ2) is 8.40. The van der Waals surface area contributed by atoms with Crippen molar-refractivity contribution in [3.05, 3.63) is 24.3 Å². The minimum absolute atomic E-state index is 0.00652. The maximum atomic E-state index is 12.4. The molecule has 0 saturated heterocycles. The van der Waals surface area contributed by atoms with Crippen LogP contribution in [0.1, 0.15) is 20.8 Å². The first kappa shape index (κ1) is 18.8. The largest absolute Gasteiger partial charge is 0.433 e. The molecule has 1 N–H and O–H groups in total. The molecule has 0 aliphatic carbocycles. The van der Waals surface area contributed by atoms with E-state index in [4.69, 9.17) is 0 Å². The Morgan fingerprint density at radius 1 is 1.23 bits per heavy atom. The van der Waals surface area contributed by atoms with Gasteiger partial charge in [0.2, 0.25) is 10.0 Å². The van der Waals surface area contributed by atoms with Crippen LogP contribution in [0.2, 0.25) is 0 Å². The third kappa shape index (κ3) is 5.19. The quantitative estimate of drug-likeness (QED) is 0.752. The Bertz CT molecular complexity index is 563. The van der Waals surface area contributed by atoms with Crippen molar-refractivity contribution in [2.45, 2.75) is 38.3 Å². The van der Waals surface area contributed by atoms with Crippen LogP contribution in [-0.2, 0) is 10.0 Å². The number of hydrogen-bond acceptors (Lipinski definition) is 4. The van der Waals surface area contributed by atoms with Crippen molar-refractivity contribution in [2.75, 3.05) is 19.6 Å². The lowest BCUT2D eigenvalue weighted by Crippen LogP contribution is -2.42. The summed E-state index contributed by atoms with van der Waals surface area (Å²) in [6.07, 6.45) is 0. The average Bonchev–Trinajstić information content (AvgIpc) is 2.46. The third-order valence-electron chi connectivity index (χ3n) is 3.36. The van der Waals surface area contributed by atoms with Crippen LogP contribution in [0, 0.1) is 0 Å². The lowest BCUT2D eigenvalue weighted by atomic mass is 10.3. The van der Waals surface area contributed by atoms with E-state index in [2.05, 4.69) is 14.4 Å². The Kier molecular flexibility index (Phi) is 7.18. The summed E-state index contributed by atoms with van der Waals surface area (Å²) in [4.78, 5) is 1.80.